The Labute approximate surface area is 624 Å². The van der Waals surface area contributed by atoms with Crippen LogP contribution < -0.4 is 0 Å². The van der Waals surface area contributed by atoms with E-state index in [1.165, 1.54) is 186 Å². The van der Waals surface area contributed by atoms with Crippen LogP contribution >= 0.6 is 0 Å². The number of aryl methyl sites for hydroxylation is 25. The molecule has 0 spiro atoms. The average Bonchev–Trinajstić information content (AvgIpc) is 0.785. The molecule has 16 aromatic rings. The van der Waals surface area contributed by atoms with Crippen molar-refractivity contribution in [3.63, 3.8) is 0 Å². The van der Waals surface area contributed by atoms with Crippen LogP contribution in [0.3, 0.4) is 0 Å². The second kappa shape index (κ2) is 34.5. The number of hydrogen-bond donors (Lipinski definition) is 0. The number of hydrogen-bond acceptors (Lipinski definition) is 8. The molecule has 16 rings (SSSR count). The van der Waals surface area contributed by atoms with Gasteiger partial charge in [-0.05, 0) is 353 Å². The highest BCUT2D eigenvalue weighted by atomic mass is 14.7. The Morgan fingerprint density at radius 3 is 1.39 bits per heavy atom. The number of rotatable bonds is 0. The van der Waals surface area contributed by atoms with Crippen LogP contribution in [0.25, 0.3) is 86.2 Å². The third kappa shape index (κ3) is 18.3. The SMILES string of the molecule is Cc1cc(C)c2ccnc(C)c2c1C.Cc1cc2c(C)ccc(C)c2c(C)n1.Cc1cc2ccnc(C)c2cc1C.Cc1ccc(C)c2c(C)cncc12.Cc1ccc2ccnc(C)c2c1.Cc1ccc2cnccc2c1C.Cc1cncc2c(C)cccc12.Cc1nc(C)c2c(C)ccc(C)c2c1C. The summed E-state index contributed by atoms with van der Waals surface area (Å²) in [5.41, 5.74) is 31.7. The average molecular weight is 1380 g/mol. The molecule has 0 N–H and O–H groups in total. The van der Waals surface area contributed by atoms with Gasteiger partial charge in [0.15, 0.2) is 0 Å². The van der Waals surface area contributed by atoms with Gasteiger partial charge < -0.3 is 0 Å². The van der Waals surface area contributed by atoms with E-state index in [0.717, 1.165) is 39.9 Å². The zero-order valence-corrected chi connectivity index (χ0v) is 67.0. The van der Waals surface area contributed by atoms with Gasteiger partial charge in [0.2, 0.25) is 0 Å². The molecule has 105 heavy (non-hydrogen) atoms. The van der Waals surface area contributed by atoms with E-state index in [2.05, 4.69) is 327 Å². The molecule has 534 valence electrons. The van der Waals surface area contributed by atoms with Crippen molar-refractivity contribution in [3.05, 3.63) is 329 Å². The fourth-order valence-corrected chi connectivity index (χ4v) is 14.2. The summed E-state index contributed by atoms with van der Waals surface area (Å²) >= 11 is 0. The predicted molar refractivity (Wildman–Crippen MR) is 452 cm³/mol. The van der Waals surface area contributed by atoms with E-state index in [9.17, 15) is 0 Å². The lowest BCUT2D eigenvalue weighted by atomic mass is 9.96. The molecule has 8 aromatic heterocycles. The van der Waals surface area contributed by atoms with Crippen molar-refractivity contribution in [2.24, 2.45) is 0 Å². The van der Waals surface area contributed by atoms with E-state index in [1.807, 2.05) is 75.7 Å². The van der Waals surface area contributed by atoms with Crippen LogP contribution in [0, 0.1) is 173 Å². The fraction of sp³-hybridized carbons (Fsp3) is 0.258. The Bertz CT molecular complexity index is 5780. The first-order valence-corrected chi connectivity index (χ1v) is 36.5. The van der Waals surface area contributed by atoms with Gasteiger partial charge in [0.05, 0.1) is 0 Å². The minimum absolute atomic E-state index is 1.10. The third-order valence-corrected chi connectivity index (χ3v) is 20.8. The number of pyridine rings is 8. The molecule has 0 saturated carbocycles. The Kier molecular flexibility index (Phi) is 25.7. The van der Waals surface area contributed by atoms with Crippen molar-refractivity contribution in [2.45, 2.75) is 173 Å². The van der Waals surface area contributed by atoms with Crippen molar-refractivity contribution in [1.82, 2.24) is 39.9 Å². The van der Waals surface area contributed by atoms with Crippen molar-refractivity contribution >= 4 is 86.2 Å². The smallest absolute Gasteiger partial charge is 0.0457 e. The molecule has 0 atom stereocenters. The normalized spacial score (nSPS) is 10.7. The van der Waals surface area contributed by atoms with Gasteiger partial charge in [-0.25, -0.2) is 0 Å². The molecule has 0 aliphatic carbocycles. The lowest BCUT2D eigenvalue weighted by Crippen LogP contribution is -1.96. The Morgan fingerprint density at radius 2 is 0.724 bits per heavy atom. The standard InChI is InChI=1S/C14H17N.2C13H15N.2C12H13N.3C11H11N/c1-8-6-7-9(2)14-12(5)15-11(4)10(3)13(8)14;1-8-7-9(2)12-5-6-14-11(4)13(12)10(8)3;1-8-5-6-9(2)13-11(4)14-10(3)7-12(8)13;1-8-6-11-4-5-13-10(3)12(11)7-9(8)2;1-8-4-5-9(2)12-10(3)6-13-7-11(8)12;1-8-3-4-10-7-12-6-5-11(10)9(8)2;1-8-3-4-10-5-6-12-9(2)11(10)7-8;1-8-4-3-5-10-9(2)6-12-7-11(8)10/h6-7H,1-5H3;2*5-7H,1-4H3;2*4-7H,1-3H3;3*3-7H,1-2H3. The second-order valence-corrected chi connectivity index (χ2v) is 28.8. The predicted octanol–water partition coefficient (Wildman–Crippen LogP) is 25.6. The first-order valence-electron chi connectivity index (χ1n) is 36.5. The Balaban J connectivity index is 0.000000139. The van der Waals surface area contributed by atoms with Gasteiger partial charge in [0.1, 0.15) is 0 Å². The number of nitrogens with zero attached hydrogens (tertiary/aromatic N) is 8. The maximum absolute atomic E-state index is 4.60. The minimum Gasteiger partial charge on any atom is -0.264 e. The van der Waals surface area contributed by atoms with Gasteiger partial charge in [0, 0.05) is 139 Å². The lowest BCUT2D eigenvalue weighted by Gasteiger charge is -2.13. The molecule has 0 radical (unpaired) electrons. The molecule has 8 nitrogen and oxygen atoms in total. The highest BCUT2D eigenvalue weighted by Gasteiger charge is 2.12. The van der Waals surface area contributed by atoms with Gasteiger partial charge in [0.25, 0.3) is 0 Å². The third-order valence-electron chi connectivity index (χ3n) is 20.8. The van der Waals surface area contributed by atoms with Crippen LogP contribution in [0.5, 0.6) is 0 Å². The van der Waals surface area contributed by atoms with Crippen LogP contribution in [0.2, 0.25) is 0 Å². The van der Waals surface area contributed by atoms with E-state index in [0.29, 0.717) is 0 Å². The van der Waals surface area contributed by atoms with Gasteiger partial charge >= 0.3 is 0 Å². The second-order valence-electron chi connectivity index (χ2n) is 28.8. The van der Waals surface area contributed by atoms with Gasteiger partial charge in [-0.15, -0.1) is 0 Å². The fourth-order valence-electron chi connectivity index (χ4n) is 14.2. The van der Waals surface area contributed by atoms with E-state index < -0.39 is 0 Å². The molecular weight excluding hydrogens is 1280 g/mol. The van der Waals surface area contributed by atoms with Crippen molar-refractivity contribution in [2.75, 3.05) is 0 Å². The van der Waals surface area contributed by atoms with E-state index in [1.54, 1.807) is 0 Å². The quantitative estimate of drug-likeness (QED) is 0.148. The summed E-state index contributed by atoms with van der Waals surface area (Å²) in [5, 5.41) is 20.9. The summed E-state index contributed by atoms with van der Waals surface area (Å²) in [6.07, 6.45) is 17.1. The summed E-state index contributed by atoms with van der Waals surface area (Å²) in [6.45, 7) is 53.0. The largest absolute Gasteiger partial charge is 0.264 e. The van der Waals surface area contributed by atoms with E-state index >= 15 is 0 Å². The molecule has 8 heteroatoms. The monoisotopic (exact) mass is 1380 g/mol. The molecular formula is C97H106N8. The molecule has 8 heterocycles. The molecule has 0 amide bonds. The molecule has 0 aliphatic heterocycles. The maximum Gasteiger partial charge on any atom is 0.0457 e. The van der Waals surface area contributed by atoms with Crippen molar-refractivity contribution in [1.29, 1.82) is 0 Å². The van der Waals surface area contributed by atoms with Crippen molar-refractivity contribution in [3.8, 4) is 0 Å². The van der Waals surface area contributed by atoms with Crippen molar-refractivity contribution < 1.29 is 0 Å². The van der Waals surface area contributed by atoms with E-state index in [-0.39, 0.29) is 0 Å². The molecule has 0 unspecified atom stereocenters. The van der Waals surface area contributed by atoms with Gasteiger partial charge in [-0.2, -0.15) is 0 Å². The summed E-state index contributed by atoms with van der Waals surface area (Å²) in [4.78, 5) is 34.5. The Hall–Kier alpha value is -11.0. The van der Waals surface area contributed by atoms with Crippen LogP contribution in [0.4, 0.5) is 0 Å². The Morgan fingerprint density at radius 1 is 0.200 bits per heavy atom. The molecule has 0 saturated heterocycles. The zero-order valence-electron chi connectivity index (χ0n) is 67.0. The zero-order chi connectivity index (χ0) is 76.2. The first-order chi connectivity index (χ1) is 49.9. The number of benzene rings is 8. The summed E-state index contributed by atoms with van der Waals surface area (Å²) in [6, 6.07) is 47.2. The molecule has 8 aromatic carbocycles. The van der Waals surface area contributed by atoms with Crippen LogP contribution in [-0.4, -0.2) is 39.9 Å². The topological polar surface area (TPSA) is 103 Å². The highest BCUT2D eigenvalue weighted by molar-refractivity contribution is 5.95. The molecule has 0 aliphatic rings. The first kappa shape index (κ1) is 78.2. The van der Waals surface area contributed by atoms with Crippen LogP contribution in [0.1, 0.15) is 140 Å². The van der Waals surface area contributed by atoms with Crippen LogP contribution in [0.15, 0.2) is 189 Å². The summed E-state index contributed by atoms with van der Waals surface area (Å²) < 4.78 is 0. The minimum atomic E-state index is 1.10. The molecule has 0 fully saturated rings. The maximum atomic E-state index is 4.60. The lowest BCUT2D eigenvalue weighted by molar-refractivity contribution is 1.11. The van der Waals surface area contributed by atoms with E-state index in [4.69, 9.17) is 0 Å². The van der Waals surface area contributed by atoms with Crippen LogP contribution in [-0.2, 0) is 0 Å². The van der Waals surface area contributed by atoms with Gasteiger partial charge in [-0.3, -0.25) is 39.9 Å². The number of aromatic nitrogens is 8. The summed E-state index contributed by atoms with van der Waals surface area (Å²) in [7, 11) is 0. The highest BCUT2D eigenvalue weighted by Crippen LogP contribution is 2.32. The van der Waals surface area contributed by atoms with Gasteiger partial charge in [-0.1, -0.05) is 96.6 Å². The summed E-state index contributed by atoms with van der Waals surface area (Å²) in [5.74, 6) is 0. The number of fused-ring (bicyclic) bond motifs is 8. The molecule has 0 bridgehead atoms.